The first-order valence-electron chi connectivity index (χ1n) is 8.98. The maximum atomic E-state index is 12.8. The molecule has 0 aromatic heterocycles. The van der Waals surface area contributed by atoms with E-state index in [1.807, 2.05) is 25.1 Å². The molecule has 2 amide bonds. The van der Waals surface area contributed by atoms with Gasteiger partial charge in [0.15, 0.2) is 0 Å². The molecule has 2 aromatic rings. The molecule has 1 fully saturated rings. The quantitative estimate of drug-likeness (QED) is 0.858. The number of likely N-dealkylation sites (tertiary alicyclic amines) is 1. The first kappa shape index (κ1) is 19.2. The smallest absolute Gasteiger partial charge is 0.253 e. The number of ether oxygens (including phenoxy) is 1. The molecule has 0 spiro atoms. The normalized spacial score (nSPS) is 16.7. The van der Waals surface area contributed by atoms with Crippen molar-refractivity contribution in [3.05, 3.63) is 58.6 Å². The first-order chi connectivity index (χ1) is 13.0. The van der Waals surface area contributed by atoms with Gasteiger partial charge >= 0.3 is 0 Å². The Hall–Kier alpha value is -2.53. The third-order valence-electron chi connectivity index (χ3n) is 4.76. The predicted molar refractivity (Wildman–Crippen MR) is 106 cm³/mol. The van der Waals surface area contributed by atoms with Gasteiger partial charge < -0.3 is 15.0 Å². The summed E-state index contributed by atoms with van der Waals surface area (Å²) in [7, 11) is 1.58. The van der Waals surface area contributed by atoms with Gasteiger partial charge in [0.1, 0.15) is 5.75 Å². The standard InChI is InChI=1S/C21H23ClN2O3/c1-14-8-9-19(27-2)18(11-14)23-20(25)16-6-4-10-24(13-16)21(26)15-5-3-7-17(22)12-15/h3,5,7-9,11-12,16H,4,6,10,13H2,1-2H3,(H,23,25). The van der Waals surface area contributed by atoms with Gasteiger partial charge in [-0.05, 0) is 55.7 Å². The van der Waals surface area contributed by atoms with Gasteiger partial charge in [-0.2, -0.15) is 0 Å². The van der Waals surface area contributed by atoms with Crippen molar-refractivity contribution in [2.45, 2.75) is 19.8 Å². The maximum absolute atomic E-state index is 12.8. The van der Waals surface area contributed by atoms with Crippen LogP contribution in [0.3, 0.4) is 0 Å². The Morgan fingerprint density at radius 3 is 2.78 bits per heavy atom. The Morgan fingerprint density at radius 1 is 1.22 bits per heavy atom. The number of rotatable bonds is 4. The third-order valence-corrected chi connectivity index (χ3v) is 5.00. The van der Waals surface area contributed by atoms with Crippen molar-refractivity contribution < 1.29 is 14.3 Å². The molecule has 1 unspecified atom stereocenters. The molecule has 6 heteroatoms. The van der Waals surface area contributed by atoms with Gasteiger partial charge in [-0.1, -0.05) is 23.7 Å². The molecule has 1 N–H and O–H groups in total. The summed E-state index contributed by atoms with van der Waals surface area (Å²) in [5, 5.41) is 3.48. The highest BCUT2D eigenvalue weighted by molar-refractivity contribution is 6.30. The number of benzene rings is 2. The molecule has 1 aliphatic heterocycles. The van der Waals surface area contributed by atoms with E-state index in [1.165, 1.54) is 0 Å². The van der Waals surface area contributed by atoms with Crippen LogP contribution in [0.15, 0.2) is 42.5 Å². The summed E-state index contributed by atoms with van der Waals surface area (Å²) in [5.74, 6) is 0.175. The van der Waals surface area contributed by atoms with Crippen molar-refractivity contribution in [1.29, 1.82) is 0 Å². The molecular weight excluding hydrogens is 364 g/mol. The molecule has 3 rings (SSSR count). The number of hydrogen-bond donors (Lipinski definition) is 1. The molecule has 1 aliphatic rings. The highest BCUT2D eigenvalue weighted by Crippen LogP contribution is 2.27. The number of nitrogens with zero attached hydrogens (tertiary/aromatic N) is 1. The van der Waals surface area contributed by atoms with Crippen molar-refractivity contribution in [3.8, 4) is 5.75 Å². The van der Waals surface area contributed by atoms with Crippen LogP contribution in [0.2, 0.25) is 5.02 Å². The Kier molecular flexibility index (Phi) is 6.01. The Labute approximate surface area is 164 Å². The molecule has 142 valence electrons. The highest BCUT2D eigenvalue weighted by atomic mass is 35.5. The first-order valence-corrected chi connectivity index (χ1v) is 9.36. The maximum Gasteiger partial charge on any atom is 0.253 e. The second kappa shape index (κ2) is 8.44. The lowest BCUT2D eigenvalue weighted by Gasteiger charge is -2.32. The van der Waals surface area contributed by atoms with Crippen LogP contribution in [0.4, 0.5) is 5.69 Å². The van der Waals surface area contributed by atoms with Crippen molar-refractivity contribution in [2.24, 2.45) is 5.92 Å². The average molecular weight is 387 g/mol. The van der Waals surface area contributed by atoms with E-state index in [2.05, 4.69) is 5.32 Å². The summed E-state index contributed by atoms with van der Waals surface area (Å²) in [6, 6.07) is 12.5. The van der Waals surface area contributed by atoms with Gasteiger partial charge in [-0.25, -0.2) is 0 Å². The van der Waals surface area contributed by atoms with Crippen molar-refractivity contribution >= 4 is 29.1 Å². The summed E-state index contributed by atoms with van der Waals surface area (Å²) in [6.45, 7) is 3.00. The van der Waals surface area contributed by atoms with Crippen LogP contribution in [0, 0.1) is 12.8 Å². The third kappa shape index (κ3) is 4.61. The molecule has 0 aliphatic carbocycles. The summed E-state index contributed by atoms with van der Waals surface area (Å²) in [6.07, 6.45) is 1.54. The van der Waals surface area contributed by atoms with Crippen LogP contribution < -0.4 is 10.1 Å². The molecule has 0 radical (unpaired) electrons. The fourth-order valence-electron chi connectivity index (χ4n) is 3.33. The van der Waals surface area contributed by atoms with Crippen LogP contribution in [0.1, 0.15) is 28.8 Å². The molecule has 5 nitrogen and oxygen atoms in total. The largest absolute Gasteiger partial charge is 0.495 e. The summed E-state index contributed by atoms with van der Waals surface area (Å²) in [5.41, 5.74) is 2.23. The average Bonchev–Trinajstić information content (AvgIpc) is 2.67. The SMILES string of the molecule is COc1ccc(C)cc1NC(=O)C1CCCN(C(=O)c2cccc(Cl)c2)C1. The van der Waals surface area contributed by atoms with Gasteiger partial charge in [0.25, 0.3) is 5.91 Å². The monoisotopic (exact) mass is 386 g/mol. The van der Waals surface area contributed by atoms with E-state index in [0.29, 0.717) is 35.1 Å². The Balaban J connectivity index is 1.70. The number of amides is 2. The van der Waals surface area contributed by atoms with Crippen LogP contribution in [0.5, 0.6) is 5.75 Å². The molecule has 0 saturated carbocycles. The van der Waals surface area contributed by atoms with Gasteiger partial charge in [0.05, 0.1) is 18.7 Å². The predicted octanol–water partition coefficient (Wildman–Crippen LogP) is 4.15. The summed E-state index contributed by atoms with van der Waals surface area (Å²) >= 11 is 5.99. The number of carbonyl (C=O) groups excluding carboxylic acids is 2. The molecule has 2 aromatic carbocycles. The molecule has 1 heterocycles. The van der Waals surface area contributed by atoms with Gasteiger partial charge in [-0.15, -0.1) is 0 Å². The number of piperidine rings is 1. The number of methoxy groups -OCH3 is 1. The molecule has 1 atom stereocenters. The molecule has 0 bridgehead atoms. The van der Waals surface area contributed by atoms with Gasteiger partial charge in [-0.3, -0.25) is 9.59 Å². The zero-order chi connectivity index (χ0) is 19.4. The number of anilines is 1. The highest BCUT2D eigenvalue weighted by Gasteiger charge is 2.29. The Morgan fingerprint density at radius 2 is 2.04 bits per heavy atom. The van der Waals surface area contributed by atoms with E-state index in [-0.39, 0.29) is 17.7 Å². The number of aryl methyl sites for hydroxylation is 1. The number of carbonyl (C=O) groups is 2. The minimum absolute atomic E-state index is 0.0943. The van der Waals surface area contributed by atoms with Crippen molar-refractivity contribution in [2.75, 3.05) is 25.5 Å². The Bertz CT molecular complexity index is 853. The minimum Gasteiger partial charge on any atom is -0.495 e. The van der Waals surface area contributed by atoms with E-state index in [9.17, 15) is 9.59 Å². The summed E-state index contributed by atoms with van der Waals surface area (Å²) < 4.78 is 5.33. The van der Waals surface area contributed by atoms with Gasteiger partial charge in [0, 0.05) is 23.7 Å². The van der Waals surface area contributed by atoms with E-state index in [4.69, 9.17) is 16.3 Å². The summed E-state index contributed by atoms with van der Waals surface area (Å²) in [4.78, 5) is 27.2. The van der Waals surface area contributed by atoms with Crippen molar-refractivity contribution in [1.82, 2.24) is 4.90 Å². The zero-order valence-electron chi connectivity index (χ0n) is 15.5. The van der Waals surface area contributed by atoms with E-state index < -0.39 is 0 Å². The fraction of sp³-hybridized carbons (Fsp3) is 0.333. The molecule has 27 heavy (non-hydrogen) atoms. The molecule has 1 saturated heterocycles. The number of halogens is 1. The van der Waals surface area contributed by atoms with Crippen LogP contribution in [-0.4, -0.2) is 36.9 Å². The van der Waals surface area contributed by atoms with E-state index in [0.717, 1.165) is 18.4 Å². The minimum atomic E-state index is -0.257. The zero-order valence-corrected chi connectivity index (χ0v) is 16.3. The molecular formula is C21H23ClN2O3. The second-order valence-corrected chi connectivity index (χ2v) is 7.23. The van der Waals surface area contributed by atoms with Crippen LogP contribution in [-0.2, 0) is 4.79 Å². The fourth-order valence-corrected chi connectivity index (χ4v) is 3.52. The lowest BCUT2D eigenvalue weighted by atomic mass is 9.96. The van der Waals surface area contributed by atoms with Gasteiger partial charge in [0.2, 0.25) is 5.91 Å². The topological polar surface area (TPSA) is 58.6 Å². The van der Waals surface area contributed by atoms with E-state index in [1.54, 1.807) is 36.3 Å². The van der Waals surface area contributed by atoms with Crippen LogP contribution >= 0.6 is 11.6 Å². The van der Waals surface area contributed by atoms with E-state index >= 15 is 0 Å². The van der Waals surface area contributed by atoms with Crippen molar-refractivity contribution in [3.63, 3.8) is 0 Å². The lowest BCUT2D eigenvalue weighted by molar-refractivity contribution is -0.121. The number of nitrogens with one attached hydrogen (secondary N) is 1. The van der Waals surface area contributed by atoms with Crippen LogP contribution in [0.25, 0.3) is 0 Å². The number of hydrogen-bond acceptors (Lipinski definition) is 3. The second-order valence-electron chi connectivity index (χ2n) is 6.79. The lowest BCUT2D eigenvalue weighted by Crippen LogP contribution is -2.43.